The predicted molar refractivity (Wildman–Crippen MR) is 151 cm³/mol. The van der Waals surface area contributed by atoms with Gasteiger partial charge in [0.25, 0.3) is 0 Å². The summed E-state index contributed by atoms with van der Waals surface area (Å²) in [5.41, 5.74) is 2.36. The smallest absolute Gasteiger partial charge is 0.223 e. The molecular weight excluding hydrogens is 509 g/mol. The van der Waals surface area contributed by atoms with E-state index in [9.17, 15) is 9.18 Å². The molecule has 0 radical (unpaired) electrons. The molecule has 2 aromatic heterocycles. The Balaban J connectivity index is 1.09. The second-order valence-electron chi connectivity index (χ2n) is 10.7. The monoisotopic (exact) mass is 543 g/mol. The van der Waals surface area contributed by atoms with Crippen LogP contribution in [-0.4, -0.2) is 70.5 Å². The number of H-pyrrole nitrogens is 1. The van der Waals surface area contributed by atoms with Crippen molar-refractivity contribution in [3.63, 3.8) is 0 Å². The number of morpholine rings is 1. The number of halogens is 1. The Morgan fingerprint density at radius 3 is 2.75 bits per heavy atom. The van der Waals surface area contributed by atoms with Gasteiger partial charge in [0.2, 0.25) is 5.91 Å². The third-order valence-electron chi connectivity index (χ3n) is 7.79. The summed E-state index contributed by atoms with van der Waals surface area (Å²) < 4.78 is 19.4. The number of anilines is 1. The molecule has 1 aliphatic carbocycles. The minimum Gasteiger partial charge on any atom is -0.377 e. The number of pyridine rings is 1. The van der Waals surface area contributed by atoms with Crippen LogP contribution in [0.25, 0.3) is 17.5 Å². The van der Waals surface area contributed by atoms with Crippen molar-refractivity contribution >= 4 is 23.6 Å². The second-order valence-corrected chi connectivity index (χ2v) is 10.7. The van der Waals surface area contributed by atoms with Gasteiger partial charge < -0.3 is 24.8 Å². The highest BCUT2D eigenvalue weighted by Crippen LogP contribution is 2.27. The molecule has 1 amide bonds. The molecule has 40 heavy (non-hydrogen) atoms. The number of amides is 1. The van der Waals surface area contributed by atoms with Crippen LogP contribution < -0.4 is 10.2 Å². The molecular formula is C30H34FN7O2. The number of hydrogen-bond donors (Lipinski definition) is 3. The Morgan fingerprint density at radius 2 is 1.95 bits per heavy atom. The number of imidazole rings is 1. The van der Waals surface area contributed by atoms with Crippen LogP contribution in [0, 0.1) is 17.1 Å². The Bertz CT molecular complexity index is 1390. The van der Waals surface area contributed by atoms with Gasteiger partial charge in [-0.3, -0.25) is 10.2 Å². The number of nitrogens with zero attached hydrogens (tertiary/aromatic N) is 4. The van der Waals surface area contributed by atoms with Gasteiger partial charge in [-0.15, -0.1) is 0 Å². The standard InChI is InChI=1S/C30H34FN7O2/c31-22-4-1-3-21(17-22)26-19-40-16-15-38(26)27(32)9-10-28-33-18-25(35-28)24-5-2-6-29(36-24)37-13-11-20(12-14-37)30(39)34-23-7-8-23/h1-6,9-10,17-18,20,23,26,32H,7-8,11-16,19H2,(H,33,35)(H,34,39). The van der Waals surface area contributed by atoms with Crippen LogP contribution in [0.15, 0.2) is 54.7 Å². The number of hydrogen-bond acceptors (Lipinski definition) is 6. The number of carbonyl (C=O) groups excluding carboxylic acids is 1. The Labute approximate surface area is 233 Å². The molecule has 2 aliphatic heterocycles. The molecule has 1 unspecified atom stereocenters. The number of ether oxygens (including phenoxy) is 1. The maximum atomic E-state index is 13.8. The lowest BCUT2D eigenvalue weighted by Gasteiger charge is -2.36. The number of piperidine rings is 1. The molecule has 1 saturated carbocycles. The third kappa shape index (κ3) is 6.07. The summed E-state index contributed by atoms with van der Waals surface area (Å²) in [6, 6.07) is 12.6. The molecule has 10 heteroatoms. The summed E-state index contributed by atoms with van der Waals surface area (Å²) in [5.74, 6) is 1.81. The van der Waals surface area contributed by atoms with Crippen LogP contribution in [0.5, 0.6) is 0 Å². The van der Waals surface area contributed by atoms with Crippen molar-refractivity contribution in [3.05, 3.63) is 71.9 Å². The highest BCUT2D eigenvalue weighted by Gasteiger charge is 2.30. The Morgan fingerprint density at radius 1 is 1.12 bits per heavy atom. The van der Waals surface area contributed by atoms with Crippen LogP contribution >= 0.6 is 0 Å². The highest BCUT2D eigenvalue weighted by molar-refractivity contribution is 5.94. The quantitative estimate of drug-likeness (QED) is 0.305. The lowest BCUT2D eigenvalue weighted by Crippen LogP contribution is -2.42. The molecule has 3 aliphatic rings. The summed E-state index contributed by atoms with van der Waals surface area (Å²) in [4.78, 5) is 29.2. The fourth-order valence-electron chi connectivity index (χ4n) is 5.35. The summed E-state index contributed by atoms with van der Waals surface area (Å²) in [7, 11) is 0. The lowest BCUT2D eigenvalue weighted by atomic mass is 9.96. The van der Waals surface area contributed by atoms with Crippen LogP contribution in [-0.2, 0) is 9.53 Å². The predicted octanol–water partition coefficient (Wildman–Crippen LogP) is 4.17. The maximum Gasteiger partial charge on any atom is 0.223 e. The zero-order chi connectivity index (χ0) is 27.5. The number of nitrogens with one attached hydrogen (secondary N) is 3. The molecule has 1 atom stereocenters. The average molecular weight is 544 g/mol. The van der Waals surface area contributed by atoms with Gasteiger partial charge in [-0.1, -0.05) is 18.2 Å². The number of benzene rings is 1. The molecule has 3 N–H and O–H groups in total. The first-order chi connectivity index (χ1) is 19.5. The van der Waals surface area contributed by atoms with E-state index in [1.165, 1.54) is 12.1 Å². The summed E-state index contributed by atoms with van der Waals surface area (Å²) >= 11 is 0. The Kier molecular flexibility index (Phi) is 7.59. The topological polar surface area (TPSA) is 110 Å². The molecule has 208 valence electrons. The van der Waals surface area contributed by atoms with Gasteiger partial charge in [0.15, 0.2) is 0 Å². The highest BCUT2D eigenvalue weighted by atomic mass is 19.1. The summed E-state index contributed by atoms with van der Waals surface area (Å²) in [5, 5.41) is 11.8. The van der Waals surface area contributed by atoms with E-state index in [0.717, 1.165) is 61.5 Å². The number of aromatic amines is 1. The maximum absolute atomic E-state index is 13.8. The van der Waals surface area contributed by atoms with E-state index < -0.39 is 0 Å². The van der Waals surface area contributed by atoms with E-state index >= 15 is 0 Å². The van der Waals surface area contributed by atoms with Crippen LogP contribution in [0.3, 0.4) is 0 Å². The van der Waals surface area contributed by atoms with Crippen molar-refractivity contribution < 1.29 is 13.9 Å². The number of carbonyl (C=O) groups is 1. The first-order valence-corrected chi connectivity index (χ1v) is 14.0. The van der Waals surface area contributed by atoms with Crippen molar-refractivity contribution in [1.29, 1.82) is 5.41 Å². The number of amidine groups is 1. The molecule has 4 heterocycles. The van der Waals surface area contributed by atoms with Crippen molar-refractivity contribution in [2.45, 2.75) is 37.8 Å². The SMILES string of the molecule is N=C(C=Cc1ncc(-c2cccc(N3CCC(C(=O)NC4CC4)CC3)n2)[nH]1)N1CCOCC1c1cccc(F)c1. The first kappa shape index (κ1) is 26.2. The van der Waals surface area contributed by atoms with Crippen LogP contribution in [0.2, 0.25) is 0 Å². The molecule has 2 saturated heterocycles. The van der Waals surface area contributed by atoms with E-state index in [0.29, 0.717) is 37.5 Å². The molecule has 6 rings (SSSR count). The zero-order valence-electron chi connectivity index (χ0n) is 22.4. The molecule has 3 fully saturated rings. The molecule has 9 nitrogen and oxygen atoms in total. The van der Waals surface area contributed by atoms with Crippen molar-refractivity contribution in [3.8, 4) is 11.4 Å². The number of aromatic nitrogens is 3. The van der Waals surface area contributed by atoms with Gasteiger partial charge in [0.05, 0.1) is 36.8 Å². The largest absolute Gasteiger partial charge is 0.377 e. The molecule has 3 aromatic rings. The van der Waals surface area contributed by atoms with E-state index in [-0.39, 0.29) is 23.7 Å². The zero-order valence-corrected chi connectivity index (χ0v) is 22.4. The summed E-state index contributed by atoms with van der Waals surface area (Å²) in [6.45, 7) is 3.07. The van der Waals surface area contributed by atoms with Gasteiger partial charge in [-0.2, -0.15) is 0 Å². The molecule has 0 bridgehead atoms. The van der Waals surface area contributed by atoms with Gasteiger partial charge in [-0.05, 0) is 67.7 Å². The second kappa shape index (κ2) is 11.6. The van der Waals surface area contributed by atoms with Gasteiger partial charge in [-0.25, -0.2) is 14.4 Å². The minimum absolute atomic E-state index is 0.0855. The third-order valence-corrected chi connectivity index (χ3v) is 7.79. The van der Waals surface area contributed by atoms with Crippen molar-refractivity contribution in [1.82, 2.24) is 25.2 Å². The molecule has 0 spiro atoms. The van der Waals surface area contributed by atoms with E-state index in [1.807, 2.05) is 29.2 Å². The first-order valence-electron chi connectivity index (χ1n) is 14.0. The fraction of sp³-hybridized carbons (Fsp3) is 0.400. The average Bonchev–Trinajstić information content (AvgIpc) is 3.68. The normalized spacial score (nSPS) is 20.2. The van der Waals surface area contributed by atoms with Crippen LogP contribution in [0.1, 0.15) is 43.1 Å². The summed E-state index contributed by atoms with van der Waals surface area (Å²) in [6.07, 6.45) is 9.10. The van der Waals surface area contributed by atoms with Gasteiger partial charge >= 0.3 is 0 Å². The van der Waals surface area contributed by atoms with Gasteiger partial charge in [0, 0.05) is 31.6 Å². The van der Waals surface area contributed by atoms with Crippen molar-refractivity contribution in [2.75, 3.05) is 37.7 Å². The Hall–Kier alpha value is -4.05. The van der Waals surface area contributed by atoms with Crippen molar-refractivity contribution in [2.24, 2.45) is 5.92 Å². The van der Waals surface area contributed by atoms with E-state index in [4.69, 9.17) is 15.1 Å². The lowest BCUT2D eigenvalue weighted by molar-refractivity contribution is -0.125. The molecule has 1 aromatic carbocycles. The minimum atomic E-state index is -0.299. The van der Waals surface area contributed by atoms with E-state index in [1.54, 1.807) is 24.4 Å². The number of rotatable bonds is 7. The van der Waals surface area contributed by atoms with E-state index in [2.05, 4.69) is 20.2 Å². The fourth-order valence-corrected chi connectivity index (χ4v) is 5.35. The van der Waals surface area contributed by atoms with Crippen LogP contribution in [0.4, 0.5) is 10.2 Å². The van der Waals surface area contributed by atoms with Gasteiger partial charge in [0.1, 0.15) is 23.3 Å².